The number of aliphatic carboxylic acids is 1. The number of nitrogens with zero attached hydrogens (tertiary/aromatic N) is 2. The molecule has 1 saturated heterocycles. The summed E-state index contributed by atoms with van der Waals surface area (Å²) in [6.45, 7) is 1.54. The van der Waals surface area contributed by atoms with Crippen LogP contribution in [0.2, 0.25) is 0 Å². The van der Waals surface area contributed by atoms with Gasteiger partial charge in [0.2, 0.25) is 5.60 Å². The van der Waals surface area contributed by atoms with Crippen molar-refractivity contribution in [2.24, 2.45) is 0 Å². The van der Waals surface area contributed by atoms with Crippen molar-refractivity contribution in [3.63, 3.8) is 0 Å². The van der Waals surface area contributed by atoms with Gasteiger partial charge in [-0.05, 0) is 23.8 Å². The lowest BCUT2D eigenvalue weighted by atomic mass is 9.90. The third kappa shape index (κ3) is 3.68. The molecule has 0 radical (unpaired) electrons. The summed E-state index contributed by atoms with van der Waals surface area (Å²) in [6.07, 6.45) is 0.483. The molecule has 0 amide bonds. The zero-order chi connectivity index (χ0) is 18.6. The normalized spacial score (nSPS) is 16.6. The van der Waals surface area contributed by atoms with E-state index in [2.05, 4.69) is 11.0 Å². The predicted octanol–water partition coefficient (Wildman–Crippen LogP) is 3.20. The number of carboxylic acid groups (broad SMARTS) is 1. The molecule has 2 aromatic carbocycles. The van der Waals surface area contributed by atoms with Crippen molar-refractivity contribution in [3.05, 3.63) is 65.5 Å². The van der Waals surface area contributed by atoms with Crippen molar-refractivity contribution < 1.29 is 19.0 Å². The first-order valence-corrected chi connectivity index (χ1v) is 8.41. The van der Waals surface area contributed by atoms with Gasteiger partial charge in [0.15, 0.2) is 11.6 Å². The maximum Gasteiger partial charge on any atom is 0.348 e. The van der Waals surface area contributed by atoms with Crippen LogP contribution in [0.25, 0.3) is 0 Å². The van der Waals surface area contributed by atoms with Crippen LogP contribution in [0, 0.1) is 17.1 Å². The molecule has 2 aromatic rings. The van der Waals surface area contributed by atoms with E-state index in [1.54, 1.807) is 12.1 Å². The number of piperidine rings is 1. The number of para-hydroxylation sites is 1. The summed E-state index contributed by atoms with van der Waals surface area (Å²) < 4.78 is 19.5. The van der Waals surface area contributed by atoms with Crippen LogP contribution in [0.15, 0.2) is 48.5 Å². The van der Waals surface area contributed by atoms with E-state index in [0.717, 1.165) is 5.56 Å². The number of likely N-dealkylation sites (tertiary alicyclic amines) is 1. The molecule has 1 aliphatic heterocycles. The maximum absolute atomic E-state index is 13.9. The number of benzene rings is 2. The van der Waals surface area contributed by atoms with Crippen LogP contribution < -0.4 is 4.74 Å². The van der Waals surface area contributed by atoms with Gasteiger partial charge in [0.1, 0.15) is 0 Å². The number of nitriles is 1. The summed E-state index contributed by atoms with van der Waals surface area (Å²) in [6, 6.07) is 15.4. The van der Waals surface area contributed by atoms with Crippen molar-refractivity contribution in [2.45, 2.75) is 25.0 Å². The Hall–Kier alpha value is -2.91. The lowest BCUT2D eigenvalue weighted by Crippen LogP contribution is -2.53. The van der Waals surface area contributed by atoms with Crippen LogP contribution >= 0.6 is 0 Å². The third-order valence-electron chi connectivity index (χ3n) is 4.73. The van der Waals surface area contributed by atoms with Crippen LogP contribution in [-0.4, -0.2) is 34.7 Å². The molecule has 26 heavy (non-hydrogen) atoms. The molecule has 0 bridgehead atoms. The molecular formula is C20H19FN2O3. The smallest absolute Gasteiger partial charge is 0.348 e. The molecule has 1 N–H and O–H groups in total. The zero-order valence-electron chi connectivity index (χ0n) is 14.2. The Labute approximate surface area is 151 Å². The Bertz CT molecular complexity index is 839. The monoisotopic (exact) mass is 354 g/mol. The number of rotatable bonds is 5. The molecule has 6 heteroatoms. The fourth-order valence-electron chi connectivity index (χ4n) is 3.18. The van der Waals surface area contributed by atoms with Gasteiger partial charge in [-0.2, -0.15) is 5.26 Å². The maximum atomic E-state index is 13.9. The highest BCUT2D eigenvalue weighted by atomic mass is 19.1. The summed E-state index contributed by atoms with van der Waals surface area (Å²) in [7, 11) is 0. The van der Waals surface area contributed by atoms with E-state index in [-0.39, 0.29) is 18.6 Å². The molecule has 0 aliphatic carbocycles. The Balaban J connectivity index is 1.71. The fourth-order valence-corrected chi connectivity index (χ4v) is 3.18. The van der Waals surface area contributed by atoms with E-state index in [4.69, 9.17) is 4.74 Å². The average Bonchev–Trinajstić information content (AvgIpc) is 2.65. The van der Waals surface area contributed by atoms with Crippen molar-refractivity contribution >= 4 is 5.97 Å². The highest BCUT2D eigenvalue weighted by Crippen LogP contribution is 2.31. The molecule has 5 nitrogen and oxygen atoms in total. The number of carboxylic acids is 1. The van der Waals surface area contributed by atoms with Crippen LogP contribution in [0.3, 0.4) is 0 Å². The van der Waals surface area contributed by atoms with Crippen LogP contribution in [0.1, 0.15) is 24.0 Å². The minimum atomic E-state index is -1.44. The minimum absolute atomic E-state index is 0.0434. The van der Waals surface area contributed by atoms with Gasteiger partial charge in [0, 0.05) is 32.5 Å². The summed E-state index contributed by atoms with van der Waals surface area (Å²) >= 11 is 0. The lowest BCUT2D eigenvalue weighted by molar-refractivity contribution is -0.160. The Kier molecular flexibility index (Phi) is 5.19. The highest BCUT2D eigenvalue weighted by Gasteiger charge is 2.44. The van der Waals surface area contributed by atoms with Crippen molar-refractivity contribution in [2.75, 3.05) is 13.1 Å². The Morgan fingerprint density at radius 3 is 2.50 bits per heavy atom. The highest BCUT2D eigenvalue weighted by molar-refractivity contribution is 5.78. The van der Waals surface area contributed by atoms with Crippen molar-refractivity contribution in [3.8, 4) is 11.8 Å². The molecule has 0 saturated carbocycles. The fraction of sp³-hybridized carbons (Fsp3) is 0.300. The van der Waals surface area contributed by atoms with Gasteiger partial charge in [0.25, 0.3) is 0 Å². The van der Waals surface area contributed by atoms with E-state index >= 15 is 0 Å². The molecule has 1 heterocycles. The standard InChI is InChI=1S/C20H19FN2O3/c21-17-7-3-4-8-18(17)26-20(19(24)25)9-11-23(12-10-20)14-16-6-2-1-5-15(16)13-22/h1-8H,9-12,14H2,(H,24,25). The van der Waals surface area contributed by atoms with Gasteiger partial charge in [-0.1, -0.05) is 30.3 Å². The average molecular weight is 354 g/mol. The summed E-state index contributed by atoms with van der Waals surface area (Å²) in [4.78, 5) is 13.9. The SMILES string of the molecule is N#Cc1ccccc1CN1CCC(Oc2ccccc2F)(C(=O)O)CC1. The molecule has 1 fully saturated rings. The first-order chi connectivity index (χ1) is 12.5. The van der Waals surface area contributed by atoms with E-state index < -0.39 is 17.4 Å². The number of hydrogen-bond donors (Lipinski definition) is 1. The predicted molar refractivity (Wildman–Crippen MR) is 93.1 cm³/mol. The summed E-state index contributed by atoms with van der Waals surface area (Å²) in [5.41, 5.74) is 0.0889. The Morgan fingerprint density at radius 1 is 1.19 bits per heavy atom. The van der Waals surface area contributed by atoms with Gasteiger partial charge in [-0.15, -0.1) is 0 Å². The van der Waals surface area contributed by atoms with Gasteiger partial charge < -0.3 is 9.84 Å². The molecule has 0 aromatic heterocycles. The van der Waals surface area contributed by atoms with Gasteiger partial charge in [0.05, 0.1) is 11.6 Å². The second kappa shape index (κ2) is 7.54. The molecule has 1 aliphatic rings. The number of hydrogen-bond acceptors (Lipinski definition) is 4. The van der Waals surface area contributed by atoms with E-state index in [1.165, 1.54) is 18.2 Å². The Morgan fingerprint density at radius 2 is 1.85 bits per heavy atom. The molecule has 0 unspecified atom stereocenters. The number of carbonyl (C=O) groups is 1. The number of halogens is 1. The first kappa shape index (κ1) is 17.9. The first-order valence-electron chi connectivity index (χ1n) is 8.41. The summed E-state index contributed by atoms with van der Waals surface area (Å²) in [5, 5.41) is 18.9. The van der Waals surface area contributed by atoms with Gasteiger partial charge in [-0.25, -0.2) is 9.18 Å². The third-order valence-corrected chi connectivity index (χ3v) is 4.73. The molecular weight excluding hydrogens is 335 g/mol. The van der Waals surface area contributed by atoms with E-state index in [0.29, 0.717) is 25.2 Å². The summed E-state index contributed by atoms with van der Waals surface area (Å²) in [5.74, 6) is -1.70. The van der Waals surface area contributed by atoms with Crippen LogP contribution in [0.5, 0.6) is 5.75 Å². The quantitative estimate of drug-likeness (QED) is 0.893. The van der Waals surface area contributed by atoms with Gasteiger partial charge >= 0.3 is 5.97 Å². The second-order valence-corrected chi connectivity index (χ2v) is 6.38. The molecule has 3 rings (SSSR count). The van der Waals surface area contributed by atoms with Crippen molar-refractivity contribution in [1.82, 2.24) is 4.90 Å². The largest absolute Gasteiger partial charge is 0.478 e. The van der Waals surface area contributed by atoms with E-state index in [1.807, 2.05) is 18.2 Å². The number of ether oxygens (including phenoxy) is 1. The second-order valence-electron chi connectivity index (χ2n) is 6.38. The molecule has 134 valence electrons. The van der Waals surface area contributed by atoms with Gasteiger partial charge in [-0.3, -0.25) is 4.90 Å². The van der Waals surface area contributed by atoms with E-state index in [9.17, 15) is 19.6 Å². The lowest BCUT2D eigenvalue weighted by Gasteiger charge is -2.39. The van der Waals surface area contributed by atoms with Crippen molar-refractivity contribution in [1.29, 1.82) is 5.26 Å². The zero-order valence-corrected chi connectivity index (χ0v) is 14.2. The topological polar surface area (TPSA) is 73.6 Å². The molecule has 0 atom stereocenters. The van der Waals surface area contributed by atoms with Crippen LogP contribution in [-0.2, 0) is 11.3 Å². The van der Waals surface area contributed by atoms with Crippen LogP contribution in [0.4, 0.5) is 4.39 Å². The minimum Gasteiger partial charge on any atom is -0.478 e. The molecule has 0 spiro atoms.